The quantitative estimate of drug-likeness (QED) is 0.659. The zero-order chi connectivity index (χ0) is 21.0. The molecule has 0 radical (unpaired) electrons. The van der Waals surface area contributed by atoms with E-state index in [0.29, 0.717) is 30.6 Å². The van der Waals surface area contributed by atoms with Crippen LogP contribution in [0.2, 0.25) is 5.02 Å². The van der Waals surface area contributed by atoms with Crippen LogP contribution in [-0.2, 0) is 9.59 Å². The number of rotatable bonds is 8. The van der Waals surface area contributed by atoms with Gasteiger partial charge in [0, 0.05) is 35.4 Å². The Bertz CT molecular complexity index is 889. The average molecular weight is 414 g/mol. The Labute approximate surface area is 177 Å². The molecule has 0 spiro atoms. The summed E-state index contributed by atoms with van der Waals surface area (Å²) >= 11 is 6.02. The van der Waals surface area contributed by atoms with Crippen molar-refractivity contribution < 1.29 is 9.59 Å². The van der Waals surface area contributed by atoms with Crippen molar-refractivity contribution in [3.63, 3.8) is 0 Å². The number of halogens is 1. The normalized spacial score (nSPS) is 13.4. The molecule has 1 fully saturated rings. The molecule has 1 aliphatic rings. The smallest absolute Gasteiger partial charge is 0.238 e. The third-order valence-electron chi connectivity index (χ3n) is 5.26. The predicted octanol–water partition coefficient (Wildman–Crippen LogP) is 4.70. The predicted molar refractivity (Wildman–Crippen MR) is 119 cm³/mol. The van der Waals surface area contributed by atoms with Gasteiger partial charge in [0.15, 0.2) is 0 Å². The number of carbonyl (C=O) groups excluding carboxylic acids is 2. The lowest BCUT2D eigenvalue weighted by Gasteiger charge is -2.22. The Hall–Kier alpha value is -2.37. The van der Waals surface area contributed by atoms with Crippen LogP contribution in [0.3, 0.4) is 0 Å². The van der Waals surface area contributed by atoms with Crippen LogP contribution in [0.1, 0.15) is 36.0 Å². The molecule has 1 aliphatic carbocycles. The number of para-hydroxylation sites is 1. The highest BCUT2D eigenvalue weighted by Crippen LogP contribution is 2.27. The van der Waals surface area contributed by atoms with Gasteiger partial charge >= 0.3 is 0 Å². The first-order valence-corrected chi connectivity index (χ1v) is 10.4. The summed E-state index contributed by atoms with van der Waals surface area (Å²) < 4.78 is 0. The van der Waals surface area contributed by atoms with E-state index in [-0.39, 0.29) is 11.8 Å². The first-order valence-electron chi connectivity index (χ1n) is 9.99. The van der Waals surface area contributed by atoms with Gasteiger partial charge in [0.05, 0.1) is 6.54 Å². The number of carbonyl (C=O) groups is 2. The van der Waals surface area contributed by atoms with Gasteiger partial charge < -0.3 is 10.6 Å². The lowest BCUT2D eigenvalue weighted by molar-refractivity contribution is -0.119. The van der Waals surface area contributed by atoms with Gasteiger partial charge in [0.1, 0.15) is 0 Å². The number of hydrogen-bond donors (Lipinski definition) is 2. The lowest BCUT2D eigenvalue weighted by atomic mass is 10.1. The second-order valence-electron chi connectivity index (χ2n) is 7.77. The van der Waals surface area contributed by atoms with E-state index in [9.17, 15) is 9.59 Å². The fourth-order valence-electron chi connectivity index (χ4n) is 3.39. The van der Waals surface area contributed by atoms with Crippen molar-refractivity contribution in [3.05, 3.63) is 58.1 Å². The molecule has 0 aromatic heterocycles. The van der Waals surface area contributed by atoms with Gasteiger partial charge in [-0.05, 0) is 62.4 Å². The third kappa shape index (κ3) is 6.05. The second-order valence-corrected chi connectivity index (χ2v) is 8.21. The van der Waals surface area contributed by atoms with Crippen molar-refractivity contribution in [2.24, 2.45) is 0 Å². The fraction of sp³-hybridized carbons (Fsp3) is 0.391. The molecule has 0 aliphatic heterocycles. The van der Waals surface area contributed by atoms with Crippen LogP contribution in [0.15, 0.2) is 36.4 Å². The molecular weight excluding hydrogens is 386 g/mol. The summed E-state index contributed by atoms with van der Waals surface area (Å²) in [6, 6.07) is 11.8. The van der Waals surface area contributed by atoms with Crippen molar-refractivity contribution in [1.82, 2.24) is 4.90 Å². The van der Waals surface area contributed by atoms with Crippen LogP contribution >= 0.6 is 11.6 Å². The highest BCUT2D eigenvalue weighted by atomic mass is 35.5. The fourth-order valence-corrected chi connectivity index (χ4v) is 3.56. The van der Waals surface area contributed by atoms with Gasteiger partial charge in [-0.25, -0.2) is 0 Å². The largest absolute Gasteiger partial charge is 0.326 e. The van der Waals surface area contributed by atoms with Gasteiger partial charge in [0.2, 0.25) is 11.8 Å². The number of benzene rings is 2. The van der Waals surface area contributed by atoms with Gasteiger partial charge in [-0.2, -0.15) is 0 Å². The molecule has 6 heteroatoms. The standard InChI is InChI=1S/C23H28ClN3O2/c1-15-7-8-18(24)13-20(15)25-21(28)11-12-27(19-9-10-19)14-22(29)26-23-16(2)5-4-6-17(23)3/h4-8,13,19H,9-12,14H2,1-3H3,(H,25,28)(H,26,29). The van der Waals surface area contributed by atoms with Crippen LogP contribution < -0.4 is 10.6 Å². The summed E-state index contributed by atoms with van der Waals surface area (Å²) in [5, 5.41) is 6.55. The van der Waals surface area contributed by atoms with E-state index in [4.69, 9.17) is 11.6 Å². The number of aryl methyl sites for hydroxylation is 3. The summed E-state index contributed by atoms with van der Waals surface area (Å²) in [7, 11) is 0. The van der Waals surface area contributed by atoms with Gasteiger partial charge in [-0.15, -0.1) is 0 Å². The molecule has 2 aromatic carbocycles. The second kappa shape index (κ2) is 9.42. The topological polar surface area (TPSA) is 61.4 Å². The number of anilines is 2. The summed E-state index contributed by atoms with van der Waals surface area (Å²) in [6.07, 6.45) is 2.48. The minimum Gasteiger partial charge on any atom is -0.326 e. The summed E-state index contributed by atoms with van der Waals surface area (Å²) in [5.74, 6) is -0.114. The molecule has 0 saturated heterocycles. The number of amides is 2. The molecule has 3 rings (SSSR count). The summed E-state index contributed by atoms with van der Waals surface area (Å²) in [4.78, 5) is 27.1. The number of nitrogens with zero attached hydrogens (tertiary/aromatic N) is 1. The van der Waals surface area contributed by atoms with E-state index in [2.05, 4.69) is 15.5 Å². The monoisotopic (exact) mass is 413 g/mol. The highest BCUT2D eigenvalue weighted by Gasteiger charge is 2.30. The SMILES string of the molecule is Cc1ccc(Cl)cc1NC(=O)CCN(CC(=O)Nc1c(C)cccc1C)C1CC1. The van der Waals surface area contributed by atoms with Gasteiger partial charge in [-0.3, -0.25) is 14.5 Å². The van der Waals surface area contributed by atoms with Crippen molar-refractivity contribution in [2.75, 3.05) is 23.7 Å². The molecule has 0 atom stereocenters. The van der Waals surface area contributed by atoms with Crippen LogP contribution in [0.25, 0.3) is 0 Å². The summed E-state index contributed by atoms with van der Waals surface area (Å²) in [6.45, 7) is 6.76. The first-order chi connectivity index (χ1) is 13.8. The summed E-state index contributed by atoms with van der Waals surface area (Å²) in [5.41, 5.74) is 4.67. The Morgan fingerprint density at radius 2 is 1.69 bits per heavy atom. The van der Waals surface area contributed by atoms with Crippen molar-refractivity contribution >= 4 is 34.8 Å². The number of nitrogens with one attached hydrogen (secondary N) is 2. The maximum Gasteiger partial charge on any atom is 0.238 e. The minimum atomic E-state index is -0.0730. The van der Waals surface area contributed by atoms with Crippen LogP contribution in [0.4, 0.5) is 11.4 Å². The molecule has 2 N–H and O–H groups in total. The van der Waals surface area contributed by atoms with Crippen molar-refractivity contribution in [1.29, 1.82) is 0 Å². The molecule has 0 heterocycles. The van der Waals surface area contributed by atoms with E-state index >= 15 is 0 Å². The Morgan fingerprint density at radius 1 is 1.00 bits per heavy atom. The molecule has 0 unspecified atom stereocenters. The van der Waals surface area contributed by atoms with E-state index in [0.717, 1.165) is 40.9 Å². The molecular formula is C23H28ClN3O2. The Morgan fingerprint density at radius 3 is 2.34 bits per heavy atom. The van der Waals surface area contributed by atoms with E-state index in [1.807, 2.05) is 45.0 Å². The van der Waals surface area contributed by atoms with Gasteiger partial charge in [-0.1, -0.05) is 35.9 Å². The number of hydrogen-bond acceptors (Lipinski definition) is 3. The van der Waals surface area contributed by atoms with E-state index in [1.54, 1.807) is 12.1 Å². The first kappa shape index (κ1) is 21.3. The Balaban J connectivity index is 1.54. The average Bonchev–Trinajstić information content (AvgIpc) is 3.50. The Kier molecular flexibility index (Phi) is 6.93. The lowest BCUT2D eigenvalue weighted by Crippen LogP contribution is -2.37. The van der Waals surface area contributed by atoms with E-state index < -0.39 is 0 Å². The molecule has 29 heavy (non-hydrogen) atoms. The van der Waals surface area contributed by atoms with Crippen molar-refractivity contribution in [2.45, 2.75) is 46.1 Å². The zero-order valence-corrected chi connectivity index (χ0v) is 18.0. The van der Waals surface area contributed by atoms with Crippen LogP contribution in [0.5, 0.6) is 0 Å². The minimum absolute atomic E-state index is 0.0413. The molecule has 0 bridgehead atoms. The van der Waals surface area contributed by atoms with Crippen LogP contribution in [-0.4, -0.2) is 35.8 Å². The maximum atomic E-state index is 12.6. The molecule has 5 nitrogen and oxygen atoms in total. The molecule has 1 saturated carbocycles. The highest BCUT2D eigenvalue weighted by molar-refractivity contribution is 6.31. The van der Waals surface area contributed by atoms with Crippen molar-refractivity contribution in [3.8, 4) is 0 Å². The third-order valence-corrected chi connectivity index (χ3v) is 5.49. The van der Waals surface area contributed by atoms with Crippen LogP contribution in [0, 0.1) is 20.8 Å². The molecule has 2 amide bonds. The van der Waals surface area contributed by atoms with Gasteiger partial charge in [0.25, 0.3) is 0 Å². The van der Waals surface area contributed by atoms with E-state index in [1.165, 1.54) is 0 Å². The molecule has 154 valence electrons. The maximum absolute atomic E-state index is 12.6. The zero-order valence-electron chi connectivity index (χ0n) is 17.2. The molecule has 2 aromatic rings.